The third-order valence-electron chi connectivity index (χ3n) is 2.85. The highest BCUT2D eigenvalue weighted by atomic mass is 16.3. The number of carbonyl (C=O) groups is 1. The molecule has 0 aliphatic rings. The Morgan fingerprint density at radius 1 is 1.32 bits per heavy atom. The third kappa shape index (κ3) is 2.91. The average molecular weight is 256 g/mol. The van der Waals surface area contributed by atoms with Crippen molar-refractivity contribution in [2.45, 2.75) is 13.8 Å². The van der Waals surface area contributed by atoms with Crippen LogP contribution in [0.25, 0.3) is 11.3 Å². The first kappa shape index (κ1) is 13.1. The van der Waals surface area contributed by atoms with Gasteiger partial charge in [-0.25, -0.2) is 0 Å². The fourth-order valence-electron chi connectivity index (χ4n) is 1.81. The highest BCUT2D eigenvalue weighted by Gasteiger charge is 2.07. The molecule has 1 aromatic carbocycles. The monoisotopic (exact) mass is 256 g/mol. The molecule has 0 saturated heterocycles. The minimum Gasteiger partial charge on any atom is -0.508 e. The average Bonchev–Trinajstić information content (AvgIpc) is 2.42. The number of aromatic nitrogens is 1. The van der Waals surface area contributed by atoms with Crippen LogP contribution >= 0.6 is 0 Å². The Labute approximate surface area is 112 Å². The van der Waals surface area contributed by atoms with Gasteiger partial charge >= 0.3 is 0 Å². The number of pyridine rings is 1. The summed E-state index contributed by atoms with van der Waals surface area (Å²) < 4.78 is 0. The van der Waals surface area contributed by atoms with Crippen molar-refractivity contribution in [3.63, 3.8) is 0 Å². The van der Waals surface area contributed by atoms with Gasteiger partial charge in [-0.15, -0.1) is 0 Å². The summed E-state index contributed by atoms with van der Waals surface area (Å²) in [5.41, 5.74) is 2.95. The molecule has 1 aromatic heterocycles. The van der Waals surface area contributed by atoms with Gasteiger partial charge in [-0.1, -0.05) is 0 Å². The van der Waals surface area contributed by atoms with Crippen molar-refractivity contribution in [2.24, 2.45) is 0 Å². The van der Waals surface area contributed by atoms with E-state index >= 15 is 0 Å². The molecule has 98 valence electrons. The molecule has 0 fully saturated rings. The molecule has 0 radical (unpaired) electrons. The molecule has 4 heteroatoms. The largest absolute Gasteiger partial charge is 0.508 e. The van der Waals surface area contributed by atoms with Crippen molar-refractivity contribution in [3.8, 4) is 17.0 Å². The zero-order valence-corrected chi connectivity index (χ0v) is 11.0. The van der Waals surface area contributed by atoms with E-state index in [0.717, 1.165) is 11.1 Å². The number of hydrogen-bond acceptors (Lipinski definition) is 3. The number of nitrogens with zero attached hydrogens (tertiary/aromatic N) is 1. The predicted octanol–water partition coefficient (Wildman–Crippen LogP) is 2.51. The molecule has 0 spiro atoms. The molecular weight excluding hydrogens is 240 g/mol. The highest BCUT2D eigenvalue weighted by molar-refractivity contribution is 5.95. The van der Waals surface area contributed by atoms with E-state index in [4.69, 9.17) is 0 Å². The van der Waals surface area contributed by atoms with Gasteiger partial charge < -0.3 is 10.4 Å². The lowest BCUT2D eigenvalue weighted by atomic mass is 10.1. The van der Waals surface area contributed by atoms with Gasteiger partial charge in [0.15, 0.2) is 0 Å². The van der Waals surface area contributed by atoms with Gasteiger partial charge in [-0.05, 0) is 49.7 Å². The van der Waals surface area contributed by atoms with Gasteiger partial charge in [0.05, 0.1) is 5.69 Å². The number of aryl methyl sites for hydroxylation is 1. The summed E-state index contributed by atoms with van der Waals surface area (Å²) in [6, 6.07) is 8.69. The van der Waals surface area contributed by atoms with Gasteiger partial charge in [0, 0.05) is 23.9 Å². The molecule has 0 aliphatic carbocycles. The fraction of sp³-hybridized carbons (Fsp3) is 0.200. The van der Waals surface area contributed by atoms with Crippen LogP contribution in [-0.2, 0) is 0 Å². The predicted molar refractivity (Wildman–Crippen MR) is 74.1 cm³/mol. The first-order chi connectivity index (χ1) is 9.11. The zero-order chi connectivity index (χ0) is 13.8. The van der Waals surface area contributed by atoms with Crippen LogP contribution in [0.3, 0.4) is 0 Å². The first-order valence-electron chi connectivity index (χ1n) is 6.16. The number of amides is 1. The third-order valence-corrected chi connectivity index (χ3v) is 2.85. The van der Waals surface area contributed by atoms with E-state index in [9.17, 15) is 9.90 Å². The van der Waals surface area contributed by atoms with Crippen molar-refractivity contribution in [2.75, 3.05) is 6.54 Å². The molecule has 0 unspecified atom stereocenters. The second kappa shape index (κ2) is 5.52. The van der Waals surface area contributed by atoms with Crippen LogP contribution in [0.1, 0.15) is 22.8 Å². The van der Waals surface area contributed by atoms with Crippen molar-refractivity contribution in [1.82, 2.24) is 10.3 Å². The highest BCUT2D eigenvalue weighted by Crippen LogP contribution is 2.24. The Balaban J connectivity index is 2.37. The standard InChI is InChI=1S/C15H16N2O2/c1-3-16-15(19)12-6-7-17-13(9-12)11-4-5-14(18)10(2)8-11/h4-9,18H,3H2,1-2H3,(H,16,19). The van der Waals surface area contributed by atoms with Crippen molar-refractivity contribution in [1.29, 1.82) is 0 Å². The van der Waals surface area contributed by atoms with E-state index in [1.165, 1.54) is 0 Å². The van der Waals surface area contributed by atoms with Gasteiger partial charge in [0.2, 0.25) is 0 Å². The summed E-state index contributed by atoms with van der Waals surface area (Å²) in [7, 11) is 0. The Bertz CT molecular complexity index is 609. The SMILES string of the molecule is CCNC(=O)c1ccnc(-c2ccc(O)c(C)c2)c1. The number of hydrogen-bond donors (Lipinski definition) is 2. The summed E-state index contributed by atoms with van der Waals surface area (Å²) in [6.45, 7) is 4.30. The molecule has 2 N–H and O–H groups in total. The van der Waals surface area contributed by atoms with Crippen molar-refractivity contribution in [3.05, 3.63) is 47.7 Å². The second-order valence-electron chi connectivity index (χ2n) is 4.29. The summed E-state index contributed by atoms with van der Waals surface area (Å²) in [5, 5.41) is 12.3. The lowest BCUT2D eigenvalue weighted by molar-refractivity contribution is 0.0956. The van der Waals surface area contributed by atoms with Gasteiger partial charge in [-0.2, -0.15) is 0 Å². The van der Waals surface area contributed by atoms with Crippen LogP contribution in [-0.4, -0.2) is 22.5 Å². The van der Waals surface area contributed by atoms with E-state index in [1.807, 2.05) is 19.9 Å². The maximum Gasteiger partial charge on any atom is 0.251 e. The fourth-order valence-corrected chi connectivity index (χ4v) is 1.81. The van der Waals surface area contributed by atoms with Crippen molar-refractivity contribution >= 4 is 5.91 Å². The number of rotatable bonds is 3. The van der Waals surface area contributed by atoms with Crippen LogP contribution in [0.5, 0.6) is 5.75 Å². The van der Waals surface area contributed by atoms with Crippen LogP contribution in [0.2, 0.25) is 0 Å². The van der Waals surface area contributed by atoms with Crippen LogP contribution in [0.4, 0.5) is 0 Å². The first-order valence-corrected chi connectivity index (χ1v) is 6.16. The second-order valence-corrected chi connectivity index (χ2v) is 4.29. The molecule has 2 aromatic rings. The lowest BCUT2D eigenvalue weighted by Crippen LogP contribution is -2.22. The molecule has 19 heavy (non-hydrogen) atoms. The van der Waals surface area contributed by atoms with E-state index in [0.29, 0.717) is 17.8 Å². The molecule has 0 atom stereocenters. The smallest absolute Gasteiger partial charge is 0.251 e. The maximum absolute atomic E-state index is 11.8. The number of aromatic hydroxyl groups is 1. The summed E-state index contributed by atoms with van der Waals surface area (Å²) >= 11 is 0. The summed E-state index contributed by atoms with van der Waals surface area (Å²) in [4.78, 5) is 16.0. The molecule has 4 nitrogen and oxygen atoms in total. The zero-order valence-electron chi connectivity index (χ0n) is 11.0. The van der Waals surface area contributed by atoms with E-state index < -0.39 is 0 Å². The maximum atomic E-state index is 11.8. The van der Waals surface area contributed by atoms with Crippen LogP contribution in [0, 0.1) is 6.92 Å². The molecule has 1 heterocycles. The number of nitrogens with one attached hydrogen (secondary N) is 1. The lowest BCUT2D eigenvalue weighted by Gasteiger charge is -2.06. The number of carbonyl (C=O) groups excluding carboxylic acids is 1. The molecule has 0 bridgehead atoms. The van der Waals surface area contributed by atoms with E-state index in [-0.39, 0.29) is 11.7 Å². The van der Waals surface area contributed by atoms with Gasteiger partial charge in [0.25, 0.3) is 5.91 Å². The quantitative estimate of drug-likeness (QED) is 0.887. The molecule has 1 amide bonds. The van der Waals surface area contributed by atoms with Crippen LogP contribution < -0.4 is 5.32 Å². The molecule has 2 rings (SSSR count). The topological polar surface area (TPSA) is 62.2 Å². The van der Waals surface area contributed by atoms with Gasteiger partial charge in [0.1, 0.15) is 5.75 Å². The Morgan fingerprint density at radius 3 is 2.79 bits per heavy atom. The molecule has 0 aliphatic heterocycles. The minimum atomic E-state index is -0.110. The summed E-state index contributed by atoms with van der Waals surface area (Å²) in [6.07, 6.45) is 1.61. The minimum absolute atomic E-state index is 0.110. The van der Waals surface area contributed by atoms with Crippen molar-refractivity contribution < 1.29 is 9.90 Å². The molecular formula is C15H16N2O2. The van der Waals surface area contributed by atoms with Crippen LogP contribution in [0.15, 0.2) is 36.5 Å². The normalized spacial score (nSPS) is 10.2. The van der Waals surface area contributed by atoms with Gasteiger partial charge in [-0.3, -0.25) is 9.78 Å². The summed E-state index contributed by atoms with van der Waals surface area (Å²) in [5.74, 6) is 0.144. The Kier molecular flexibility index (Phi) is 3.80. The van der Waals surface area contributed by atoms with E-state index in [2.05, 4.69) is 10.3 Å². The number of phenols is 1. The number of phenolic OH excluding ortho intramolecular Hbond substituents is 1. The Hall–Kier alpha value is -2.36. The molecule has 0 saturated carbocycles. The number of benzene rings is 1. The van der Waals surface area contributed by atoms with E-state index in [1.54, 1.807) is 30.5 Å². The Morgan fingerprint density at radius 2 is 2.11 bits per heavy atom.